The molecule has 0 spiro atoms. The van der Waals surface area contributed by atoms with Crippen molar-refractivity contribution in [2.45, 2.75) is 6.92 Å². The summed E-state index contributed by atoms with van der Waals surface area (Å²) in [5.41, 5.74) is 5.03. The van der Waals surface area contributed by atoms with E-state index in [1.807, 2.05) is 0 Å². The maximum absolute atomic E-state index is 13.1. The van der Waals surface area contributed by atoms with E-state index in [2.05, 4.69) is 0 Å². The molecule has 0 aliphatic heterocycles. The normalized spacial score (nSPS) is 12.6. The lowest BCUT2D eigenvalue weighted by Crippen LogP contribution is -2.21. The first-order valence-electron chi connectivity index (χ1n) is 4.26. The van der Waals surface area contributed by atoms with Gasteiger partial charge in [-0.1, -0.05) is 13.0 Å². The van der Waals surface area contributed by atoms with Gasteiger partial charge in [0.25, 0.3) is 0 Å². The number of hydrogen-bond acceptors (Lipinski definition) is 2. The Morgan fingerprint density at radius 1 is 1.50 bits per heavy atom. The molecule has 1 aromatic carbocycles. The van der Waals surface area contributed by atoms with Crippen molar-refractivity contribution in [1.29, 1.82) is 0 Å². The number of benzene rings is 1. The smallest absolute Gasteiger partial charge is 0.169 e. The van der Waals surface area contributed by atoms with E-state index in [4.69, 9.17) is 5.73 Å². The molecule has 1 atom stereocenters. The molecule has 0 saturated carbocycles. The second-order valence-electron chi connectivity index (χ2n) is 3.10. The van der Waals surface area contributed by atoms with Crippen molar-refractivity contribution in [3.05, 3.63) is 35.4 Å². The third-order valence-corrected chi connectivity index (χ3v) is 2.02. The van der Waals surface area contributed by atoms with Crippen LogP contribution in [-0.4, -0.2) is 12.3 Å². The molecule has 0 radical (unpaired) electrons. The van der Waals surface area contributed by atoms with Crippen LogP contribution in [0.2, 0.25) is 0 Å². The van der Waals surface area contributed by atoms with Crippen LogP contribution in [-0.2, 0) is 0 Å². The molecule has 14 heavy (non-hydrogen) atoms. The molecule has 1 unspecified atom stereocenters. The number of halogens is 2. The molecule has 0 aliphatic rings. The van der Waals surface area contributed by atoms with Crippen molar-refractivity contribution in [2.75, 3.05) is 6.54 Å². The van der Waals surface area contributed by atoms with Crippen molar-refractivity contribution in [3.8, 4) is 0 Å². The van der Waals surface area contributed by atoms with Crippen LogP contribution in [0.3, 0.4) is 0 Å². The van der Waals surface area contributed by atoms with Gasteiger partial charge in [0.05, 0.1) is 5.56 Å². The molecule has 0 saturated heterocycles. The summed E-state index contributed by atoms with van der Waals surface area (Å²) in [5, 5.41) is 0. The number of ketones is 1. The third kappa shape index (κ3) is 1.96. The topological polar surface area (TPSA) is 43.1 Å². The minimum Gasteiger partial charge on any atom is -0.330 e. The van der Waals surface area contributed by atoms with Gasteiger partial charge in [0.2, 0.25) is 0 Å². The van der Waals surface area contributed by atoms with Crippen LogP contribution < -0.4 is 5.73 Å². The fourth-order valence-electron chi connectivity index (χ4n) is 1.07. The monoisotopic (exact) mass is 199 g/mol. The van der Waals surface area contributed by atoms with Gasteiger partial charge in [-0.2, -0.15) is 0 Å². The molecule has 2 N–H and O–H groups in total. The molecular formula is C10H11F2NO. The summed E-state index contributed by atoms with van der Waals surface area (Å²) >= 11 is 0. The maximum Gasteiger partial charge on any atom is 0.169 e. The SMILES string of the molecule is CC(CN)C(=O)c1cccc(F)c1F. The van der Waals surface area contributed by atoms with E-state index in [1.165, 1.54) is 12.1 Å². The predicted octanol–water partition coefficient (Wildman–Crippen LogP) is 1.74. The van der Waals surface area contributed by atoms with Crippen molar-refractivity contribution >= 4 is 5.78 Å². The molecule has 0 aliphatic carbocycles. The van der Waals surface area contributed by atoms with Gasteiger partial charge >= 0.3 is 0 Å². The fraction of sp³-hybridized carbons (Fsp3) is 0.300. The van der Waals surface area contributed by atoms with Gasteiger partial charge in [-0.3, -0.25) is 4.79 Å². The quantitative estimate of drug-likeness (QED) is 0.753. The van der Waals surface area contributed by atoms with E-state index in [0.29, 0.717) is 0 Å². The standard InChI is InChI=1S/C10H11F2NO/c1-6(5-13)10(14)7-3-2-4-8(11)9(7)12/h2-4,6H,5,13H2,1H3. The Kier molecular flexibility index (Phi) is 3.30. The lowest BCUT2D eigenvalue weighted by atomic mass is 9.99. The average molecular weight is 199 g/mol. The number of rotatable bonds is 3. The van der Waals surface area contributed by atoms with Gasteiger partial charge in [0.1, 0.15) is 0 Å². The van der Waals surface area contributed by atoms with Gasteiger partial charge in [-0.25, -0.2) is 8.78 Å². The summed E-state index contributed by atoms with van der Waals surface area (Å²) in [7, 11) is 0. The molecule has 0 amide bonds. The van der Waals surface area contributed by atoms with Crippen molar-refractivity contribution < 1.29 is 13.6 Å². The molecule has 0 heterocycles. The fourth-order valence-corrected chi connectivity index (χ4v) is 1.07. The van der Waals surface area contributed by atoms with Crippen LogP contribution >= 0.6 is 0 Å². The third-order valence-electron chi connectivity index (χ3n) is 2.02. The van der Waals surface area contributed by atoms with Gasteiger partial charge in [-0.05, 0) is 12.1 Å². The van der Waals surface area contributed by atoms with E-state index in [-0.39, 0.29) is 12.1 Å². The Balaban J connectivity index is 3.07. The van der Waals surface area contributed by atoms with Crippen LogP contribution in [0.4, 0.5) is 8.78 Å². The highest BCUT2D eigenvalue weighted by atomic mass is 19.2. The Morgan fingerprint density at radius 3 is 2.71 bits per heavy atom. The molecule has 0 fully saturated rings. The highest BCUT2D eigenvalue weighted by Gasteiger charge is 2.19. The summed E-state index contributed by atoms with van der Waals surface area (Å²) < 4.78 is 25.9. The zero-order chi connectivity index (χ0) is 10.7. The second kappa shape index (κ2) is 4.28. The lowest BCUT2D eigenvalue weighted by molar-refractivity contribution is 0.0929. The highest BCUT2D eigenvalue weighted by molar-refractivity contribution is 5.98. The van der Waals surface area contributed by atoms with E-state index in [0.717, 1.165) is 6.07 Å². The molecule has 1 aromatic rings. The van der Waals surface area contributed by atoms with Crippen molar-refractivity contribution in [1.82, 2.24) is 0 Å². The Hall–Kier alpha value is -1.29. The zero-order valence-corrected chi connectivity index (χ0v) is 7.76. The second-order valence-corrected chi connectivity index (χ2v) is 3.10. The Labute approximate surface area is 80.7 Å². The summed E-state index contributed by atoms with van der Waals surface area (Å²) in [6.07, 6.45) is 0. The van der Waals surface area contributed by atoms with E-state index < -0.39 is 23.3 Å². The lowest BCUT2D eigenvalue weighted by Gasteiger charge is -2.08. The Morgan fingerprint density at radius 2 is 2.14 bits per heavy atom. The Bertz CT molecular complexity index is 352. The van der Waals surface area contributed by atoms with Crippen molar-refractivity contribution in [2.24, 2.45) is 11.7 Å². The average Bonchev–Trinajstić information content (AvgIpc) is 2.20. The molecular weight excluding hydrogens is 188 g/mol. The summed E-state index contributed by atoms with van der Waals surface area (Å²) in [6.45, 7) is 1.70. The first kappa shape index (κ1) is 10.8. The molecule has 76 valence electrons. The molecule has 0 bridgehead atoms. The van der Waals surface area contributed by atoms with Crippen LogP contribution in [0.25, 0.3) is 0 Å². The van der Waals surface area contributed by atoms with Gasteiger partial charge in [-0.15, -0.1) is 0 Å². The summed E-state index contributed by atoms with van der Waals surface area (Å²) in [5.74, 6) is -3.08. The van der Waals surface area contributed by atoms with E-state index in [9.17, 15) is 13.6 Å². The van der Waals surface area contributed by atoms with Crippen LogP contribution in [0.1, 0.15) is 17.3 Å². The summed E-state index contributed by atoms with van der Waals surface area (Å²) in [6, 6.07) is 3.53. The largest absolute Gasteiger partial charge is 0.330 e. The summed E-state index contributed by atoms with van der Waals surface area (Å²) in [4.78, 5) is 11.5. The maximum atomic E-state index is 13.1. The molecule has 2 nitrogen and oxygen atoms in total. The number of hydrogen-bond donors (Lipinski definition) is 1. The predicted molar refractivity (Wildman–Crippen MR) is 48.9 cm³/mol. The first-order chi connectivity index (χ1) is 6.57. The minimum absolute atomic E-state index is 0.120. The zero-order valence-electron chi connectivity index (χ0n) is 7.76. The number of carbonyl (C=O) groups is 1. The number of carbonyl (C=O) groups excluding carboxylic acids is 1. The number of Topliss-reactive ketones (excluding diaryl/α,β-unsaturated/α-hetero) is 1. The van der Waals surface area contributed by atoms with Gasteiger partial charge < -0.3 is 5.73 Å². The first-order valence-corrected chi connectivity index (χ1v) is 4.26. The molecule has 4 heteroatoms. The van der Waals surface area contributed by atoms with E-state index in [1.54, 1.807) is 6.92 Å². The van der Waals surface area contributed by atoms with Crippen molar-refractivity contribution in [3.63, 3.8) is 0 Å². The van der Waals surface area contributed by atoms with Crippen LogP contribution in [0.5, 0.6) is 0 Å². The molecule has 0 aromatic heterocycles. The van der Waals surface area contributed by atoms with Gasteiger partial charge in [0, 0.05) is 12.5 Å². The van der Waals surface area contributed by atoms with Crippen LogP contribution in [0.15, 0.2) is 18.2 Å². The van der Waals surface area contributed by atoms with Gasteiger partial charge in [0.15, 0.2) is 17.4 Å². The molecule has 1 rings (SSSR count). The minimum atomic E-state index is -1.10. The highest BCUT2D eigenvalue weighted by Crippen LogP contribution is 2.15. The van der Waals surface area contributed by atoms with Crippen LogP contribution in [0, 0.1) is 17.6 Å². The van der Waals surface area contributed by atoms with E-state index >= 15 is 0 Å². The number of nitrogens with two attached hydrogens (primary N) is 1.